The normalized spacial score (nSPS) is 13.7. The summed E-state index contributed by atoms with van der Waals surface area (Å²) in [6.45, 7) is 0.747. The van der Waals surface area contributed by atoms with E-state index in [2.05, 4.69) is 28.8 Å². The van der Waals surface area contributed by atoms with Crippen molar-refractivity contribution in [2.75, 3.05) is 11.4 Å². The second-order valence-electron chi connectivity index (χ2n) is 6.87. The Morgan fingerprint density at radius 1 is 1.11 bits per heavy atom. The van der Waals surface area contributed by atoms with E-state index in [1.807, 2.05) is 47.7 Å². The maximum Gasteiger partial charge on any atom is 0.277 e. The number of para-hydroxylation sites is 2. The lowest BCUT2D eigenvalue weighted by Crippen LogP contribution is -2.35. The number of hydrogen-bond acceptors (Lipinski definition) is 3. The molecule has 27 heavy (non-hydrogen) atoms. The fourth-order valence-corrected chi connectivity index (χ4v) is 4.71. The van der Waals surface area contributed by atoms with Crippen molar-refractivity contribution in [2.45, 2.75) is 12.8 Å². The smallest absolute Gasteiger partial charge is 0.277 e. The minimum atomic E-state index is -0.0107. The SMILES string of the molecule is Cn1c(-c2nc(C(=O)N3CCCc4ccccc43)cs2)cc2ccccc21. The maximum absolute atomic E-state index is 13.1. The summed E-state index contributed by atoms with van der Waals surface area (Å²) in [6.07, 6.45) is 2.02. The molecule has 0 spiro atoms. The average Bonchev–Trinajstić information content (AvgIpc) is 3.32. The highest BCUT2D eigenvalue weighted by atomic mass is 32.1. The molecule has 4 nitrogen and oxygen atoms in total. The first kappa shape index (κ1) is 16.3. The third-order valence-corrected chi connectivity index (χ3v) is 6.11. The van der Waals surface area contributed by atoms with Crippen LogP contribution in [-0.4, -0.2) is 22.0 Å². The summed E-state index contributed by atoms with van der Waals surface area (Å²) in [6, 6.07) is 18.6. The zero-order chi connectivity index (χ0) is 18.4. The molecule has 0 radical (unpaired) electrons. The second kappa shape index (κ2) is 6.35. The summed E-state index contributed by atoms with van der Waals surface area (Å²) in [5.41, 5.74) is 4.99. The summed E-state index contributed by atoms with van der Waals surface area (Å²) in [5, 5.41) is 3.94. The van der Waals surface area contributed by atoms with Gasteiger partial charge in [0.25, 0.3) is 5.91 Å². The molecule has 1 amide bonds. The number of benzene rings is 2. The van der Waals surface area contributed by atoms with Gasteiger partial charge in [-0.3, -0.25) is 4.79 Å². The largest absolute Gasteiger partial charge is 0.342 e. The molecule has 0 saturated heterocycles. The van der Waals surface area contributed by atoms with E-state index >= 15 is 0 Å². The van der Waals surface area contributed by atoms with Crippen molar-refractivity contribution in [3.05, 3.63) is 71.2 Å². The minimum Gasteiger partial charge on any atom is -0.342 e. The zero-order valence-corrected chi connectivity index (χ0v) is 15.9. The molecule has 5 heteroatoms. The summed E-state index contributed by atoms with van der Waals surface area (Å²) in [4.78, 5) is 19.7. The third-order valence-electron chi connectivity index (χ3n) is 5.25. The van der Waals surface area contributed by atoms with E-state index in [1.54, 1.807) is 0 Å². The molecule has 5 rings (SSSR count). The van der Waals surface area contributed by atoms with Gasteiger partial charge in [0.05, 0.1) is 5.69 Å². The topological polar surface area (TPSA) is 38.1 Å². The van der Waals surface area contributed by atoms with E-state index < -0.39 is 0 Å². The van der Waals surface area contributed by atoms with Crippen LogP contribution >= 0.6 is 11.3 Å². The van der Waals surface area contributed by atoms with Crippen LogP contribution in [-0.2, 0) is 13.5 Å². The fourth-order valence-electron chi connectivity index (χ4n) is 3.87. The molecule has 0 aliphatic carbocycles. The Hall–Kier alpha value is -2.92. The van der Waals surface area contributed by atoms with Gasteiger partial charge in [-0.05, 0) is 36.6 Å². The number of amides is 1. The number of carbonyl (C=O) groups excluding carboxylic acids is 1. The van der Waals surface area contributed by atoms with Crippen LogP contribution in [0.3, 0.4) is 0 Å². The molecule has 4 aromatic rings. The molecule has 0 bridgehead atoms. The monoisotopic (exact) mass is 373 g/mol. The number of hydrogen-bond donors (Lipinski definition) is 0. The maximum atomic E-state index is 13.1. The van der Waals surface area contributed by atoms with Gasteiger partial charge in [0.2, 0.25) is 0 Å². The van der Waals surface area contributed by atoms with Crippen LogP contribution in [0.1, 0.15) is 22.5 Å². The molecule has 0 N–H and O–H groups in total. The van der Waals surface area contributed by atoms with E-state index in [0.29, 0.717) is 5.69 Å². The molecule has 0 atom stereocenters. The molecule has 0 saturated carbocycles. The summed E-state index contributed by atoms with van der Waals surface area (Å²) >= 11 is 1.53. The number of nitrogens with zero attached hydrogens (tertiary/aromatic N) is 3. The first-order chi connectivity index (χ1) is 13.2. The van der Waals surface area contributed by atoms with Gasteiger partial charge in [-0.15, -0.1) is 11.3 Å². The van der Waals surface area contributed by atoms with E-state index in [1.165, 1.54) is 27.8 Å². The van der Waals surface area contributed by atoms with Crippen molar-refractivity contribution >= 4 is 33.8 Å². The molecule has 0 unspecified atom stereocenters. The third kappa shape index (κ3) is 2.66. The first-order valence-corrected chi connectivity index (χ1v) is 10.0. The van der Waals surface area contributed by atoms with Crippen molar-refractivity contribution in [1.82, 2.24) is 9.55 Å². The number of thiazole rings is 1. The lowest BCUT2D eigenvalue weighted by atomic mass is 10.0. The van der Waals surface area contributed by atoms with Crippen molar-refractivity contribution < 1.29 is 4.79 Å². The minimum absolute atomic E-state index is 0.0107. The van der Waals surface area contributed by atoms with Gasteiger partial charge < -0.3 is 9.47 Å². The number of rotatable bonds is 2. The molecule has 3 heterocycles. The summed E-state index contributed by atoms with van der Waals surface area (Å²) in [7, 11) is 2.04. The summed E-state index contributed by atoms with van der Waals surface area (Å²) in [5.74, 6) is -0.0107. The van der Waals surface area contributed by atoms with Crippen LogP contribution in [0.25, 0.3) is 21.6 Å². The van der Waals surface area contributed by atoms with E-state index in [-0.39, 0.29) is 5.91 Å². The number of fused-ring (bicyclic) bond motifs is 2. The molecule has 1 aliphatic heterocycles. The number of aryl methyl sites for hydroxylation is 2. The number of carbonyl (C=O) groups is 1. The zero-order valence-electron chi connectivity index (χ0n) is 15.1. The molecule has 134 valence electrons. The van der Waals surface area contributed by atoms with Crippen LogP contribution in [0.5, 0.6) is 0 Å². The predicted molar refractivity (Wildman–Crippen MR) is 110 cm³/mol. The first-order valence-electron chi connectivity index (χ1n) is 9.12. The van der Waals surface area contributed by atoms with Gasteiger partial charge in [-0.1, -0.05) is 36.4 Å². The van der Waals surface area contributed by atoms with Gasteiger partial charge in [0.15, 0.2) is 0 Å². The second-order valence-corrected chi connectivity index (χ2v) is 7.73. The van der Waals surface area contributed by atoms with Crippen molar-refractivity contribution in [2.24, 2.45) is 7.05 Å². The van der Waals surface area contributed by atoms with E-state index in [9.17, 15) is 4.79 Å². The Bertz CT molecular complexity index is 1160. The fraction of sp³-hybridized carbons (Fsp3) is 0.182. The van der Waals surface area contributed by atoms with Gasteiger partial charge in [0.1, 0.15) is 10.7 Å². The van der Waals surface area contributed by atoms with Gasteiger partial charge in [-0.2, -0.15) is 0 Å². The van der Waals surface area contributed by atoms with Crippen LogP contribution in [0.2, 0.25) is 0 Å². The van der Waals surface area contributed by atoms with Crippen LogP contribution in [0, 0.1) is 0 Å². The Morgan fingerprint density at radius 3 is 2.81 bits per heavy atom. The Balaban J connectivity index is 1.51. The Labute approximate surface area is 161 Å². The lowest BCUT2D eigenvalue weighted by Gasteiger charge is -2.28. The molecule has 2 aromatic heterocycles. The molecule has 1 aliphatic rings. The van der Waals surface area contributed by atoms with E-state index in [0.717, 1.165) is 35.8 Å². The van der Waals surface area contributed by atoms with E-state index in [4.69, 9.17) is 4.98 Å². The predicted octanol–water partition coefficient (Wildman–Crippen LogP) is 4.89. The average molecular weight is 373 g/mol. The molecule has 0 fully saturated rings. The van der Waals surface area contributed by atoms with Crippen molar-refractivity contribution in [3.8, 4) is 10.7 Å². The standard InChI is InChI=1S/C22H19N3OS/c1-24-18-10-4-3-8-16(18)13-20(24)21-23-17(14-27-21)22(26)25-12-6-9-15-7-2-5-11-19(15)25/h2-5,7-8,10-11,13-14H,6,9,12H2,1H3. The Kier molecular flexibility index (Phi) is 3.83. The highest BCUT2D eigenvalue weighted by Crippen LogP contribution is 2.32. The highest BCUT2D eigenvalue weighted by Gasteiger charge is 2.25. The highest BCUT2D eigenvalue weighted by molar-refractivity contribution is 7.13. The van der Waals surface area contributed by atoms with Crippen LogP contribution in [0.15, 0.2) is 60.0 Å². The molecular formula is C22H19N3OS. The van der Waals surface area contributed by atoms with Gasteiger partial charge in [0, 0.05) is 35.6 Å². The number of anilines is 1. The van der Waals surface area contributed by atoms with Gasteiger partial charge >= 0.3 is 0 Å². The molecule has 2 aromatic carbocycles. The lowest BCUT2D eigenvalue weighted by molar-refractivity contribution is 0.0981. The van der Waals surface area contributed by atoms with Crippen molar-refractivity contribution in [3.63, 3.8) is 0 Å². The molecular weight excluding hydrogens is 354 g/mol. The summed E-state index contributed by atoms with van der Waals surface area (Å²) < 4.78 is 2.14. The van der Waals surface area contributed by atoms with Crippen LogP contribution < -0.4 is 4.90 Å². The van der Waals surface area contributed by atoms with Gasteiger partial charge in [-0.25, -0.2) is 4.98 Å². The Morgan fingerprint density at radius 2 is 1.93 bits per heavy atom. The quantitative estimate of drug-likeness (QED) is 0.501. The van der Waals surface area contributed by atoms with Crippen LogP contribution in [0.4, 0.5) is 5.69 Å². The van der Waals surface area contributed by atoms with Crippen molar-refractivity contribution in [1.29, 1.82) is 0 Å². The number of aromatic nitrogens is 2.